The molecule has 6 nitrogen and oxygen atoms in total. The van der Waals surface area contributed by atoms with Crippen LogP contribution in [0.25, 0.3) is 27.1 Å². The number of thiophene rings is 1. The highest BCUT2D eigenvalue weighted by Gasteiger charge is 2.48. The number of aromatic nitrogens is 4. The Morgan fingerprint density at radius 3 is 2.57 bits per heavy atom. The van der Waals surface area contributed by atoms with E-state index in [-0.39, 0.29) is 6.04 Å². The number of pyridine rings is 1. The van der Waals surface area contributed by atoms with E-state index in [1.807, 2.05) is 15.9 Å². The topological polar surface area (TPSA) is 66.3 Å². The van der Waals surface area contributed by atoms with Gasteiger partial charge in [-0.25, -0.2) is 9.50 Å². The van der Waals surface area contributed by atoms with E-state index in [2.05, 4.69) is 67.7 Å². The summed E-state index contributed by atoms with van der Waals surface area (Å²) >= 11 is 1.96. The normalized spacial score (nSPS) is 23.4. The molecule has 7 heteroatoms. The maximum absolute atomic E-state index is 12.0. The van der Waals surface area contributed by atoms with Crippen molar-refractivity contribution in [1.29, 1.82) is 0 Å². The summed E-state index contributed by atoms with van der Waals surface area (Å²) in [5, 5.41) is 5.85. The summed E-state index contributed by atoms with van der Waals surface area (Å²) in [4.78, 5) is 25.6. The van der Waals surface area contributed by atoms with Gasteiger partial charge in [-0.3, -0.25) is 9.69 Å². The molecule has 6 rings (SSSR count). The van der Waals surface area contributed by atoms with E-state index in [0.717, 1.165) is 12.2 Å². The second kappa shape index (κ2) is 8.00. The summed E-state index contributed by atoms with van der Waals surface area (Å²) in [7, 11) is 0. The van der Waals surface area contributed by atoms with Gasteiger partial charge in [0.15, 0.2) is 5.65 Å². The Morgan fingerprint density at radius 2 is 1.91 bits per heavy atom. The number of aromatic amines is 1. The zero-order valence-corrected chi connectivity index (χ0v) is 22.6. The lowest BCUT2D eigenvalue weighted by Gasteiger charge is -2.34. The number of likely N-dealkylation sites (tertiary alicyclic amines) is 1. The van der Waals surface area contributed by atoms with Crippen molar-refractivity contribution in [2.75, 3.05) is 6.54 Å². The van der Waals surface area contributed by atoms with Crippen LogP contribution in [0.1, 0.15) is 79.5 Å². The maximum Gasteiger partial charge on any atom is 0.158 e. The average Bonchev–Trinajstić information content (AvgIpc) is 3.61. The van der Waals surface area contributed by atoms with Crippen molar-refractivity contribution in [3.8, 4) is 11.3 Å². The number of H-pyrrole nitrogens is 1. The standard InChI is InChI=1S/C28H35N5OS/c1-13(2)23-24-16(5)26(21-9-20-8-19(21)10-32(20)17(6)18(7)34)35-28(24)31-25(23)22-11-33-27(29-12-30-33)15(4)14(22)3/h11-13,17,19-21,31H,8-10H2,1-7H3/t17-,19+,20?,21-/m1/s1. The van der Waals surface area contributed by atoms with Gasteiger partial charge in [-0.15, -0.1) is 11.3 Å². The molecule has 1 saturated heterocycles. The van der Waals surface area contributed by atoms with Crippen LogP contribution in [-0.4, -0.2) is 48.9 Å². The first-order valence-corrected chi connectivity index (χ1v) is 13.7. The molecule has 0 amide bonds. The summed E-state index contributed by atoms with van der Waals surface area (Å²) in [5.41, 5.74) is 8.66. The number of piperidine rings is 1. The number of rotatable bonds is 5. The third-order valence-electron chi connectivity index (χ3n) is 8.94. The summed E-state index contributed by atoms with van der Waals surface area (Å²) in [6.07, 6.45) is 6.17. The van der Waals surface area contributed by atoms with Crippen LogP contribution in [0, 0.1) is 26.7 Å². The average molecular weight is 490 g/mol. The van der Waals surface area contributed by atoms with Crippen LogP contribution in [0.5, 0.6) is 0 Å². The van der Waals surface area contributed by atoms with Crippen molar-refractivity contribution in [1.82, 2.24) is 24.5 Å². The van der Waals surface area contributed by atoms with Crippen molar-refractivity contribution in [2.24, 2.45) is 5.92 Å². The van der Waals surface area contributed by atoms with Gasteiger partial charge >= 0.3 is 0 Å². The number of hydrogen-bond acceptors (Lipinski definition) is 5. The zero-order chi connectivity index (χ0) is 24.8. The first kappa shape index (κ1) is 22.9. The third kappa shape index (κ3) is 3.27. The predicted molar refractivity (Wildman–Crippen MR) is 143 cm³/mol. The van der Waals surface area contributed by atoms with Crippen LogP contribution in [0.2, 0.25) is 0 Å². The zero-order valence-electron chi connectivity index (χ0n) is 21.8. The molecule has 1 aliphatic carbocycles. The third-order valence-corrected chi connectivity index (χ3v) is 10.3. The van der Waals surface area contributed by atoms with Gasteiger partial charge in [0.05, 0.1) is 11.7 Å². The van der Waals surface area contributed by atoms with Crippen LogP contribution >= 0.6 is 11.3 Å². The number of carbonyl (C=O) groups is 1. The summed E-state index contributed by atoms with van der Waals surface area (Å²) in [5.74, 6) is 1.96. The SMILES string of the molecule is CC(=O)[C@@H](C)N1C[C@@H]2CC1C[C@H]2c1sc2[nH]c(-c3cn4ncnc4c(C)c3C)c(C(C)C)c2c1C. The van der Waals surface area contributed by atoms with E-state index in [4.69, 9.17) is 0 Å². The molecular formula is C28H35N5OS. The summed E-state index contributed by atoms with van der Waals surface area (Å²) in [6, 6.07) is 0.595. The second-order valence-electron chi connectivity index (χ2n) is 11.2. The van der Waals surface area contributed by atoms with E-state index in [9.17, 15) is 4.79 Å². The highest BCUT2D eigenvalue weighted by Crippen LogP contribution is 2.53. The van der Waals surface area contributed by atoms with Crippen LogP contribution < -0.4 is 0 Å². The Labute approximate surface area is 210 Å². The molecule has 0 radical (unpaired) electrons. The Balaban J connectivity index is 1.42. The number of Topliss-reactive ketones (excluding diaryl/α,β-unsaturated/α-hetero) is 1. The minimum atomic E-state index is 0.0501. The largest absolute Gasteiger partial charge is 0.346 e. The maximum atomic E-state index is 12.0. The fourth-order valence-electron chi connectivity index (χ4n) is 6.86. The Kier molecular flexibility index (Phi) is 5.24. The number of ketones is 1. The molecule has 2 bridgehead atoms. The highest BCUT2D eigenvalue weighted by atomic mass is 32.1. The minimum absolute atomic E-state index is 0.0501. The van der Waals surface area contributed by atoms with E-state index in [1.54, 1.807) is 18.1 Å². The first-order valence-electron chi connectivity index (χ1n) is 12.9. The molecule has 0 spiro atoms. The Morgan fingerprint density at radius 1 is 1.14 bits per heavy atom. The van der Waals surface area contributed by atoms with Gasteiger partial charge < -0.3 is 4.98 Å². The summed E-state index contributed by atoms with van der Waals surface area (Å²) < 4.78 is 1.90. The van der Waals surface area contributed by atoms with Crippen LogP contribution in [0.4, 0.5) is 0 Å². The van der Waals surface area contributed by atoms with Crippen molar-refractivity contribution in [3.63, 3.8) is 0 Å². The van der Waals surface area contributed by atoms with Crippen molar-refractivity contribution in [2.45, 2.75) is 85.2 Å². The molecule has 4 aromatic heterocycles. The summed E-state index contributed by atoms with van der Waals surface area (Å²) in [6.45, 7) is 16.1. The van der Waals surface area contributed by atoms with Gasteiger partial charge in [0, 0.05) is 34.6 Å². The molecule has 4 atom stereocenters. The highest BCUT2D eigenvalue weighted by molar-refractivity contribution is 7.19. The fraction of sp³-hybridized carbons (Fsp3) is 0.536. The Bertz CT molecular complexity index is 1470. The molecule has 2 fully saturated rings. The molecule has 1 N–H and O–H groups in total. The molecule has 4 aromatic rings. The molecule has 184 valence electrons. The second-order valence-corrected chi connectivity index (χ2v) is 12.2. The molecule has 0 aromatic carbocycles. The van der Waals surface area contributed by atoms with E-state index in [0.29, 0.717) is 29.6 Å². The van der Waals surface area contributed by atoms with Gasteiger partial charge in [-0.1, -0.05) is 13.8 Å². The number of nitrogens with one attached hydrogen (secondary N) is 1. The van der Waals surface area contributed by atoms with Gasteiger partial charge in [0.25, 0.3) is 0 Å². The quantitative estimate of drug-likeness (QED) is 0.365. The molecule has 2 aliphatic rings. The number of fused-ring (bicyclic) bond motifs is 4. The minimum Gasteiger partial charge on any atom is -0.346 e. The first-order chi connectivity index (χ1) is 16.7. The van der Waals surface area contributed by atoms with E-state index < -0.39 is 0 Å². The molecule has 35 heavy (non-hydrogen) atoms. The fourth-order valence-corrected chi connectivity index (χ4v) is 8.30. The van der Waals surface area contributed by atoms with Crippen molar-refractivity contribution in [3.05, 3.63) is 39.7 Å². The predicted octanol–water partition coefficient (Wildman–Crippen LogP) is 6.14. The number of nitrogens with zero attached hydrogens (tertiary/aromatic N) is 4. The lowest BCUT2D eigenvalue weighted by atomic mass is 9.88. The molecule has 1 unspecified atom stereocenters. The lowest BCUT2D eigenvalue weighted by molar-refractivity contribution is -0.122. The lowest BCUT2D eigenvalue weighted by Crippen LogP contribution is -2.44. The van der Waals surface area contributed by atoms with Crippen molar-refractivity contribution < 1.29 is 4.79 Å². The Hall–Kier alpha value is -2.51. The van der Waals surface area contributed by atoms with Crippen LogP contribution in [0.3, 0.4) is 0 Å². The number of carbonyl (C=O) groups excluding carboxylic acids is 1. The van der Waals surface area contributed by atoms with E-state index >= 15 is 0 Å². The molecule has 5 heterocycles. The van der Waals surface area contributed by atoms with E-state index in [1.165, 1.54) is 56.6 Å². The van der Waals surface area contributed by atoms with Gasteiger partial charge in [-0.05, 0) is 87.5 Å². The molecule has 1 saturated carbocycles. The van der Waals surface area contributed by atoms with Gasteiger partial charge in [-0.2, -0.15) is 5.10 Å². The smallest absolute Gasteiger partial charge is 0.158 e. The van der Waals surface area contributed by atoms with Crippen LogP contribution in [0.15, 0.2) is 12.5 Å². The van der Waals surface area contributed by atoms with Crippen LogP contribution in [-0.2, 0) is 4.79 Å². The monoisotopic (exact) mass is 489 g/mol. The molecular weight excluding hydrogens is 454 g/mol. The van der Waals surface area contributed by atoms with Crippen molar-refractivity contribution >= 4 is 33.0 Å². The number of aryl methyl sites for hydroxylation is 2. The van der Waals surface area contributed by atoms with Gasteiger partial charge in [0.2, 0.25) is 0 Å². The number of hydrogen-bond donors (Lipinski definition) is 1. The van der Waals surface area contributed by atoms with Gasteiger partial charge in [0.1, 0.15) is 16.9 Å². The molecule has 1 aliphatic heterocycles.